The van der Waals surface area contributed by atoms with Gasteiger partial charge in [-0.25, -0.2) is 9.97 Å². The number of alkyl halides is 3. The standard InChI is InChI=1S/C13H17BF3N6O/c1-14-21-20-10-6-9(22-2-4-24-5-3-22)11-12(19-10)23(8-18-11)7-13(15,16)17/h6,8,21H,2-5,7H2,1H3,(H,19,20). The van der Waals surface area contributed by atoms with Gasteiger partial charge in [-0.1, -0.05) is 6.82 Å². The fraction of sp³-hybridized carbons (Fsp3) is 0.538. The van der Waals surface area contributed by atoms with E-state index in [0.29, 0.717) is 37.6 Å². The van der Waals surface area contributed by atoms with Crippen LogP contribution in [0.3, 0.4) is 0 Å². The number of pyridine rings is 1. The zero-order valence-corrected chi connectivity index (χ0v) is 13.1. The summed E-state index contributed by atoms with van der Waals surface area (Å²) in [7, 11) is 1.66. The summed E-state index contributed by atoms with van der Waals surface area (Å²) in [6.07, 6.45) is -3.16. The molecule has 0 atom stereocenters. The van der Waals surface area contributed by atoms with Crippen LogP contribution in [0.4, 0.5) is 24.7 Å². The summed E-state index contributed by atoms with van der Waals surface area (Å²) in [5.41, 5.74) is 4.23. The van der Waals surface area contributed by atoms with Crippen molar-refractivity contribution in [3.63, 3.8) is 0 Å². The van der Waals surface area contributed by atoms with Crippen LogP contribution in [0.2, 0.25) is 6.82 Å². The third kappa shape index (κ3) is 3.73. The van der Waals surface area contributed by atoms with E-state index in [1.807, 2.05) is 4.90 Å². The second-order valence-corrected chi connectivity index (χ2v) is 5.34. The maximum atomic E-state index is 12.8. The van der Waals surface area contributed by atoms with Gasteiger partial charge in [0, 0.05) is 19.2 Å². The predicted octanol–water partition coefficient (Wildman–Crippen LogP) is 1.41. The molecule has 1 aliphatic rings. The van der Waals surface area contributed by atoms with E-state index in [2.05, 4.69) is 20.7 Å². The lowest BCUT2D eigenvalue weighted by molar-refractivity contribution is -0.140. The highest BCUT2D eigenvalue weighted by Crippen LogP contribution is 2.29. The smallest absolute Gasteiger partial charge is 0.378 e. The van der Waals surface area contributed by atoms with Gasteiger partial charge in [-0.3, -0.25) is 5.34 Å². The molecule has 3 heterocycles. The molecule has 0 aromatic carbocycles. The monoisotopic (exact) mass is 341 g/mol. The zero-order chi connectivity index (χ0) is 17.2. The second kappa shape index (κ2) is 6.85. The predicted molar refractivity (Wildman–Crippen MR) is 85.0 cm³/mol. The van der Waals surface area contributed by atoms with E-state index in [1.54, 1.807) is 20.3 Å². The van der Waals surface area contributed by atoms with Crippen molar-refractivity contribution >= 4 is 30.1 Å². The fourth-order valence-electron chi connectivity index (χ4n) is 2.58. The first kappa shape index (κ1) is 16.8. The first-order chi connectivity index (χ1) is 11.5. The molecule has 0 amide bonds. The number of hydrogen-bond acceptors (Lipinski definition) is 6. The van der Waals surface area contributed by atoms with Crippen molar-refractivity contribution in [2.24, 2.45) is 0 Å². The molecule has 3 rings (SSSR count). The minimum atomic E-state index is -4.34. The highest BCUT2D eigenvalue weighted by Gasteiger charge is 2.29. The first-order valence-electron chi connectivity index (χ1n) is 7.52. The van der Waals surface area contributed by atoms with E-state index in [0.717, 1.165) is 10.3 Å². The van der Waals surface area contributed by atoms with Crippen LogP contribution in [0.5, 0.6) is 0 Å². The lowest BCUT2D eigenvalue weighted by Crippen LogP contribution is -2.36. The van der Waals surface area contributed by atoms with Crippen LogP contribution in [0, 0.1) is 0 Å². The highest BCUT2D eigenvalue weighted by atomic mass is 19.4. The van der Waals surface area contributed by atoms with Gasteiger partial charge in [0.05, 0.1) is 25.2 Å². The Balaban J connectivity index is 2.04. The third-order valence-corrected chi connectivity index (χ3v) is 3.60. The van der Waals surface area contributed by atoms with Crippen LogP contribution in [0.15, 0.2) is 12.4 Å². The molecular weight excluding hydrogens is 324 g/mol. The molecule has 24 heavy (non-hydrogen) atoms. The molecule has 129 valence electrons. The molecule has 11 heteroatoms. The minimum absolute atomic E-state index is 0.191. The largest absolute Gasteiger partial charge is 0.406 e. The average molecular weight is 341 g/mol. The van der Waals surface area contributed by atoms with Gasteiger partial charge in [-0.15, -0.1) is 0 Å². The quantitative estimate of drug-likeness (QED) is 0.633. The number of hydrogen-bond donors (Lipinski definition) is 2. The Morgan fingerprint density at radius 1 is 1.33 bits per heavy atom. The Hall–Kier alpha value is -2.01. The summed E-state index contributed by atoms with van der Waals surface area (Å²) in [5, 5.41) is 2.79. The Morgan fingerprint density at radius 3 is 2.75 bits per heavy atom. The van der Waals surface area contributed by atoms with Crippen LogP contribution in [0.25, 0.3) is 11.2 Å². The first-order valence-corrected chi connectivity index (χ1v) is 7.52. The summed E-state index contributed by atoms with van der Waals surface area (Å²) < 4.78 is 44.7. The van der Waals surface area contributed by atoms with Crippen molar-refractivity contribution in [3.8, 4) is 0 Å². The lowest BCUT2D eigenvalue weighted by atomic mass is 10.0. The summed E-state index contributed by atoms with van der Waals surface area (Å²) in [6.45, 7) is 3.09. The molecule has 2 aromatic heterocycles. The van der Waals surface area contributed by atoms with Crippen molar-refractivity contribution in [2.45, 2.75) is 19.5 Å². The van der Waals surface area contributed by atoms with Gasteiger partial charge in [0.1, 0.15) is 17.9 Å². The van der Waals surface area contributed by atoms with Gasteiger partial charge in [0.2, 0.25) is 7.41 Å². The number of imidazole rings is 1. The topological polar surface area (TPSA) is 67.2 Å². The second-order valence-electron chi connectivity index (χ2n) is 5.34. The number of anilines is 2. The van der Waals surface area contributed by atoms with Crippen molar-refractivity contribution in [2.75, 3.05) is 36.6 Å². The average Bonchev–Trinajstić information content (AvgIpc) is 2.94. The van der Waals surface area contributed by atoms with Gasteiger partial charge in [0.25, 0.3) is 0 Å². The summed E-state index contributed by atoms with van der Waals surface area (Å²) in [6, 6.07) is 1.77. The molecule has 0 unspecified atom stereocenters. The van der Waals surface area contributed by atoms with E-state index < -0.39 is 12.7 Å². The normalized spacial score (nSPS) is 15.8. The fourth-order valence-corrected chi connectivity index (χ4v) is 2.58. The molecule has 0 aliphatic carbocycles. The molecule has 0 spiro atoms. The number of nitrogens with zero attached hydrogens (tertiary/aromatic N) is 4. The SMILES string of the molecule is C[B]NNc1cc(N2CCOCC2)c2ncn(CC(F)(F)F)c2n1. The molecule has 1 fully saturated rings. The van der Waals surface area contributed by atoms with E-state index in [4.69, 9.17) is 4.74 Å². The number of morpholine rings is 1. The number of aromatic nitrogens is 3. The summed E-state index contributed by atoms with van der Waals surface area (Å²) in [4.78, 5) is 10.5. The number of fused-ring (bicyclic) bond motifs is 1. The number of hydrazine groups is 1. The van der Waals surface area contributed by atoms with E-state index in [1.165, 1.54) is 6.33 Å². The Kier molecular flexibility index (Phi) is 4.81. The number of ether oxygens (including phenoxy) is 1. The molecule has 1 saturated heterocycles. The van der Waals surface area contributed by atoms with Gasteiger partial charge in [-0.05, 0) is 0 Å². The third-order valence-electron chi connectivity index (χ3n) is 3.60. The van der Waals surface area contributed by atoms with Crippen molar-refractivity contribution in [1.82, 2.24) is 19.9 Å². The molecule has 0 bridgehead atoms. The van der Waals surface area contributed by atoms with Crippen LogP contribution < -0.4 is 15.7 Å². The van der Waals surface area contributed by atoms with Crippen LogP contribution in [-0.4, -0.2) is 54.4 Å². The van der Waals surface area contributed by atoms with Gasteiger partial charge < -0.3 is 19.6 Å². The molecule has 2 aromatic rings. The van der Waals surface area contributed by atoms with E-state index in [-0.39, 0.29) is 5.65 Å². The summed E-state index contributed by atoms with van der Waals surface area (Å²) >= 11 is 0. The van der Waals surface area contributed by atoms with Crippen molar-refractivity contribution < 1.29 is 17.9 Å². The number of nitrogens with one attached hydrogen (secondary N) is 2. The molecule has 1 radical (unpaired) electrons. The number of rotatable bonds is 5. The maximum Gasteiger partial charge on any atom is 0.406 e. The van der Waals surface area contributed by atoms with Crippen LogP contribution in [0.1, 0.15) is 0 Å². The van der Waals surface area contributed by atoms with Gasteiger partial charge in [-0.2, -0.15) is 13.2 Å². The zero-order valence-electron chi connectivity index (χ0n) is 13.1. The van der Waals surface area contributed by atoms with Crippen LogP contribution in [-0.2, 0) is 11.3 Å². The maximum absolute atomic E-state index is 12.8. The Morgan fingerprint density at radius 2 is 2.08 bits per heavy atom. The number of halogens is 3. The van der Waals surface area contributed by atoms with Crippen molar-refractivity contribution in [1.29, 1.82) is 0 Å². The van der Waals surface area contributed by atoms with Gasteiger partial charge in [0.15, 0.2) is 5.65 Å². The van der Waals surface area contributed by atoms with Crippen molar-refractivity contribution in [3.05, 3.63) is 12.4 Å². The molecular formula is C13H17BF3N6O. The minimum Gasteiger partial charge on any atom is -0.378 e. The Labute approximate surface area is 137 Å². The molecule has 2 N–H and O–H groups in total. The molecule has 0 saturated carbocycles. The Bertz CT molecular complexity index is 701. The van der Waals surface area contributed by atoms with Crippen LogP contribution >= 0.6 is 0 Å². The molecule has 7 nitrogen and oxygen atoms in total. The lowest BCUT2D eigenvalue weighted by Gasteiger charge is -2.29. The van der Waals surface area contributed by atoms with E-state index in [9.17, 15) is 13.2 Å². The summed E-state index contributed by atoms with van der Waals surface area (Å²) in [5.74, 6) is 0.422. The van der Waals surface area contributed by atoms with E-state index >= 15 is 0 Å². The molecule has 1 aliphatic heterocycles. The highest BCUT2D eigenvalue weighted by molar-refractivity contribution is 6.30. The van der Waals surface area contributed by atoms with Gasteiger partial charge >= 0.3 is 6.18 Å².